The highest BCUT2D eigenvalue weighted by Gasteiger charge is 2.51. The van der Waals surface area contributed by atoms with Gasteiger partial charge in [0, 0.05) is 28.2 Å². The molecule has 2 unspecified atom stereocenters. The van der Waals surface area contributed by atoms with Crippen LogP contribution in [0.25, 0.3) is 34.4 Å². The molecule has 0 spiro atoms. The molecule has 13 rings (SSSR count). The normalized spacial score (nSPS) is 15.4. The number of benzene rings is 11. The van der Waals surface area contributed by atoms with Gasteiger partial charge in [0.15, 0.2) is 46.5 Å². The zero-order chi connectivity index (χ0) is 58.2. The average Bonchev–Trinajstić information content (AvgIpc) is 1.65. The summed E-state index contributed by atoms with van der Waals surface area (Å²) in [4.78, 5) is 1.72. The molecule has 0 fully saturated rings. The molecule has 11 aromatic carbocycles. The number of fused-ring (bicyclic) bond motifs is 6. The highest BCUT2D eigenvalue weighted by molar-refractivity contribution is 5.92. The summed E-state index contributed by atoms with van der Waals surface area (Å²) in [5, 5.41) is 0. The highest BCUT2D eigenvalue weighted by Crippen LogP contribution is 2.61. The van der Waals surface area contributed by atoms with Crippen molar-refractivity contribution in [2.24, 2.45) is 0 Å². The van der Waals surface area contributed by atoms with E-state index >= 15 is 39.5 Å². The average molecular weight is 1120 g/mol. The van der Waals surface area contributed by atoms with Crippen LogP contribution in [0.4, 0.5) is 56.6 Å². The summed E-state index contributed by atoms with van der Waals surface area (Å²) in [6, 6.07) is 58.4. The number of nitrogens with zero attached hydrogens (tertiary/aromatic N) is 1. The van der Waals surface area contributed by atoms with Gasteiger partial charge in [-0.25, -0.2) is 39.5 Å². The summed E-state index contributed by atoms with van der Waals surface area (Å²) < 4.78 is 156. The first-order valence-electron chi connectivity index (χ1n) is 26.5. The van der Waals surface area contributed by atoms with Gasteiger partial charge in [-0.15, -0.1) is 0 Å². The molecule has 84 heavy (non-hydrogen) atoms. The first-order valence-corrected chi connectivity index (χ1v) is 26.5. The van der Waals surface area contributed by atoms with Crippen LogP contribution in [0.1, 0.15) is 55.6 Å². The van der Waals surface area contributed by atoms with E-state index in [1.807, 2.05) is 24.3 Å². The Hall–Kier alpha value is -10.3. The molecule has 0 aliphatic heterocycles. The number of ether oxygens (including phenoxy) is 2. The first kappa shape index (κ1) is 53.0. The highest BCUT2D eigenvalue weighted by atomic mass is 19.2. The van der Waals surface area contributed by atoms with E-state index in [0.29, 0.717) is 108 Å². The molecule has 0 heterocycles. The Morgan fingerprint density at radius 2 is 0.655 bits per heavy atom. The van der Waals surface area contributed by atoms with Crippen molar-refractivity contribution in [1.82, 2.24) is 0 Å². The van der Waals surface area contributed by atoms with Crippen molar-refractivity contribution in [3.63, 3.8) is 0 Å². The van der Waals surface area contributed by atoms with Gasteiger partial charge in [-0.2, -0.15) is 0 Å². The van der Waals surface area contributed by atoms with Crippen LogP contribution in [0.5, 0.6) is 23.0 Å². The minimum Gasteiger partial charge on any atom is -0.457 e. The Morgan fingerprint density at radius 3 is 1.04 bits per heavy atom. The quantitative estimate of drug-likeness (QED) is 0.0652. The molecule has 0 amide bonds. The van der Waals surface area contributed by atoms with E-state index in [2.05, 4.69) is 13.2 Å². The summed E-state index contributed by atoms with van der Waals surface area (Å²) in [5.74, 6) is -13.5. The van der Waals surface area contributed by atoms with Crippen LogP contribution in [0.3, 0.4) is 0 Å². The monoisotopic (exact) mass is 1120 g/mol. The van der Waals surface area contributed by atoms with Gasteiger partial charge in [-0.3, -0.25) is 0 Å². The SMILES string of the molecule is C=Cc1ccc(Oc2ccc(C3(c4cc(F)c(F)c(F)c4F)c4ccccc4-c4ccc(N(c5ccc(F)cc5)c5ccc6c(c5)C(c5ccc(Oc7ccc(C=C)cc7)cc5)(c5cc(F)c(F)c(F)c5F)c5ccccc5-6)cc43)cc2)cc1. The largest absolute Gasteiger partial charge is 0.457 e. The predicted octanol–water partition coefficient (Wildman–Crippen LogP) is 20.0. The fourth-order valence-corrected chi connectivity index (χ4v) is 12.2. The van der Waals surface area contributed by atoms with E-state index in [1.165, 1.54) is 24.3 Å². The van der Waals surface area contributed by atoms with E-state index in [1.54, 1.807) is 175 Å². The van der Waals surface area contributed by atoms with Crippen LogP contribution in [-0.4, -0.2) is 0 Å². The maximum atomic E-state index is 17.1. The van der Waals surface area contributed by atoms with Gasteiger partial charge >= 0.3 is 0 Å². The second kappa shape index (κ2) is 20.6. The molecular weight excluding hydrogens is 1080 g/mol. The van der Waals surface area contributed by atoms with Crippen molar-refractivity contribution in [3.05, 3.63) is 340 Å². The molecule has 3 nitrogen and oxygen atoms in total. The van der Waals surface area contributed by atoms with Crippen molar-refractivity contribution in [2.45, 2.75) is 10.8 Å². The molecule has 410 valence electrons. The van der Waals surface area contributed by atoms with Crippen molar-refractivity contribution in [2.75, 3.05) is 4.90 Å². The molecular formula is C72H42F9NO2. The number of rotatable bonds is 13. The van der Waals surface area contributed by atoms with E-state index < -0.39 is 74.3 Å². The molecule has 0 bridgehead atoms. The molecule has 0 saturated carbocycles. The summed E-state index contributed by atoms with van der Waals surface area (Å²) in [6.07, 6.45) is 3.37. The minimum atomic E-state index is -2.02. The van der Waals surface area contributed by atoms with E-state index in [9.17, 15) is 0 Å². The minimum absolute atomic E-state index is 0.299. The molecule has 2 atom stereocenters. The fraction of sp³-hybridized carbons (Fsp3) is 0.0278. The van der Waals surface area contributed by atoms with E-state index in [-0.39, 0.29) is 0 Å². The number of halogens is 9. The van der Waals surface area contributed by atoms with Crippen LogP contribution in [0.15, 0.2) is 232 Å². The second-order valence-electron chi connectivity index (χ2n) is 20.4. The maximum Gasteiger partial charge on any atom is 0.197 e. The third-order valence-corrected chi connectivity index (χ3v) is 15.9. The lowest BCUT2D eigenvalue weighted by Gasteiger charge is -2.36. The Morgan fingerprint density at radius 1 is 0.310 bits per heavy atom. The lowest BCUT2D eigenvalue weighted by atomic mass is 9.67. The Bertz CT molecular complexity index is 4190. The zero-order valence-corrected chi connectivity index (χ0v) is 44.0. The molecule has 11 aromatic rings. The van der Waals surface area contributed by atoms with Crippen LogP contribution >= 0.6 is 0 Å². The van der Waals surface area contributed by atoms with Gasteiger partial charge in [0.2, 0.25) is 0 Å². The molecule has 2 aliphatic carbocycles. The maximum absolute atomic E-state index is 17.1. The lowest BCUT2D eigenvalue weighted by Crippen LogP contribution is -2.31. The summed E-state index contributed by atoms with van der Waals surface area (Å²) in [7, 11) is 0. The van der Waals surface area contributed by atoms with Gasteiger partial charge < -0.3 is 14.4 Å². The Labute approximate surface area is 476 Å². The van der Waals surface area contributed by atoms with Gasteiger partial charge in [0.1, 0.15) is 28.8 Å². The lowest BCUT2D eigenvalue weighted by molar-refractivity contribution is 0.399. The third-order valence-electron chi connectivity index (χ3n) is 15.9. The Balaban J connectivity index is 1.04. The van der Waals surface area contributed by atoms with Crippen LogP contribution in [0.2, 0.25) is 0 Å². The molecule has 12 heteroatoms. The summed E-state index contributed by atoms with van der Waals surface area (Å²) in [5.41, 5.74) is 1.90. The molecule has 0 N–H and O–H groups in total. The van der Waals surface area contributed by atoms with Crippen molar-refractivity contribution < 1.29 is 49.0 Å². The van der Waals surface area contributed by atoms with Crippen molar-refractivity contribution >= 4 is 29.2 Å². The van der Waals surface area contributed by atoms with Crippen LogP contribution in [-0.2, 0) is 10.8 Å². The van der Waals surface area contributed by atoms with Gasteiger partial charge in [-0.1, -0.05) is 135 Å². The fourth-order valence-electron chi connectivity index (χ4n) is 12.2. The van der Waals surface area contributed by atoms with Crippen molar-refractivity contribution in [3.8, 4) is 45.3 Å². The van der Waals surface area contributed by atoms with Crippen LogP contribution < -0.4 is 14.4 Å². The van der Waals surface area contributed by atoms with E-state index in [0.717, 1.165) is 11.1 Å². The topological polar surface area (TPSA) is 21.7 Å². The standard InChI is InChI=1S/C72H42F9NO2/c1-3-41-13-27-49(28-14-41)83-51-31-17-43(18-32-51)71(61-39-63(74)67(78)69(80)65(61)76)57-11-7-5-9-53(57)55-35-25-47(37-59(55)71)82(46-23-21-45(73)22-24-46)48-26-36-56-54-10-6-8-12-58(54)72(60(56)38-48,62-40-64(75)68(79)70(81)66(62)77)44-19-33-52(34-20-44)84-50-29-15-42(4-2)16-30-50/h3-40H,1-2H2. The molecule has 0 saturated heterocycles. The molecule has 2 aliphatic rings. The van der Waals surface area contributed by atoms with Crippen LogP contribution in [0, 0.1) is 52.4 Å². The Kier molecular flexibility index (Phi) is 13.0. The molecule has 0 aromatic heterocycles. The van der Waals surface area contributed by atoms with Crippen molar-refractivity contribution in [1.29, 1.82) is 0 Å². The molecule has 0 radical (unpaired) electrons. The van der Waals surface area contributed by atoms with E-state index in [4.69, 9.17) is 9.47 Å². The number of hydrogen-bond acceptors (Lipinski definition) is 3. The second-order valence-corrected chi connectivity index (χ2v) is 20.4. The number of hydrogen-bond donors (Lipinski definition) is 0. The summed E-state index contributed by atoms with van der Waals surface area (Å²) in [6.45, 7) is 7.60. The first-order chi connectivity index (χ1) is 40.7. The smallest absolute Gasteiger partial charge is 0.197 e. The van der Waals surface area contributed by atoms with Gasteiger partial charge in [0.05, 0.1) is 10.8 Å². The predicted molar refractivity (Wildman–Crippen MR) is 309 cm³/mol. The van der Waals surface area contributed by atoms with Gasteiger partial charge in [-0.05, 0) is 176 Å². The zero-order valence-electron chi connectivity index (χ0n) is 44.0. The number of anilines is 3. The van der Waals surface area contributed by atoms with Gasteiger partial charge in [0.25, 0.3) is 0 Å². The third kappa shape index (κ3) is 8.30. The summed E-state index contributed by atoms with van der Waals surface area (Å²) >= 11 is 0.